The van der Waals surface area contributed by atoms with Gasteiger partial charge in [0.2, 0.25) is 0 Å². The molecule has 1 heterocycles. The van der Waals surface area contributed by atoms with Gasteiger partial charge in [-0.3, -0.25) is 0 Å². The molecule has 2 rings (SSSR count). The number of aliphatic hydroxyl groups is 1. The number of aromatic nitrogens is 2. The first-order chi connectivity index (χ1) is 9.27. The Morgan fingerprint density at radius 3 is 2.74 bits per heavy atom. The summed E-state index contributed by atoms with van der Waals surface area (Å²) in [7, 11) is 0. The van der Waals surface area contributed by atoms with E-state index in [1.807, 2.05) is 6.92 Å². The van der Waals surface area contributed by atoms with Crippen LogP contribution in [0.15, 0.2) is 6.33 Å². The Bertz CT molecular complexity index is 404. The fourth-order valence-corrected chi connectivity index (χ4v) is 2.86. The van der Waals surface area contributed by atoms with Crippen LogP contribution in [0.2, 0.25) is 0 Å². The van der Waals surface area contributed by atoms with Gasteiger partial charge >= 0.3 is 0 Å². The number of hydrogen-bond donors (Lipinski definition) is 2. The lowest BCUT2D eigenvalue weighted by Gasteiger charge is -2.31. The van der Waals surface area contributed by atoms with Gasteiger partial charge in [-0.15, -0.1) is 0 Å². The minimum absolute atomic E-state index is 0.163. The van der Waals surface area contributed by atoms with Crippen molar-refractivity contribution in [1.29, 1.82) is 0 Å². The van der Waals surface area contributed by atoms with Gasteiger partial charge < -0.3 is 15.3 Å². The second kappa shape index (κ2) is 6.70. The fourth-order valence-electron chi connectivity index (χ4n) is 2.86. The van der Waals surface area contributed by atoms with E-state index in [2.05, 4.69) is 27.1 Å². The first-order valence-corrected chi connectivity index (χ1v) is 7.21. The van der Waals surface area contributed by atoms with E-state index >= 15 is 0 Å². The molecule has 0 amide bonds. The van der Waals surface area contributed by atoms with Gasteiger partial charge in [0.05, 0.1) is 6.61 Å². The number of hydrogen-bond acceptors (Lipinski definition) is 5. The van der Waals surface area contributed by atoms with Gasteiger partial charge in [0.1, 0.15) is 18.0 Å². The van der Waals surface area contributed by atoms with E-state index in [9.17, 15) is 5.11 Å². The largest absolute Gasteiger partial charge is 0.395 e. The number of nitrogens with one attached hydrogen (secondary N) is 1. The van der Waals surface area contributed by atoms with Gasteiger partial charge in [-0.05, 0) is 26.7 Å². The molecular formula is C14H24N4O. The zero-order valence-electron chi connectivity index (χ0n) is 11.9. The van der Waals surface area contributed by atoms with Crippen LogP contribution >= 0.6 is 0 Å². The molecular weight excluding hydrogens is 240 g/mol. The molecule has 1 fully saturated rings. The van der Waals surface area contributed by atoms with Crippen LogP contribution in [0, 0.1) is 6.92 Å². The number of nitrogens with zero attached hydrogens (tertiary/aromatic N) is 3. The molecule has 0 saturated heterocycles. The van der Waals surface area contributed by atoms with Crippen LogP contribution < -0.4 is 10.2 Å². The molecule has 5 heteroatoms. The van der Waals surface area contributed by atoms with E-state index in [0.29, 0.717) is 12.6 Å². The zero-order valence-corrected chi connectivity index (χ0v) is 11.9. The summed E-state index contributed by atoms with van der Waals surface area (Å²) in [5.74, 6) is 1.86. The van der Waals surface area contributed by atoms with Crippen LogP contribution in [0.5, 0.6) is 0 Å². The molecule has 0 aromatic carbocycles. The van der Waals surface area contributed by atoms with E-state index in [-0.39, 0.29) is 6.61 Å². The van der Waals surface area contributed by atoms with E-state index in [1.54, 1.807) is 6.33 Å². The molecule has 2 N–H and O–H groups in total. The van der Waals surface area contributed by atoms with Crippen LogP contribution in [-0.2, 0) is 0 Å². The van der Waals surface area contributed by atoms with Crippen molar-refractivity contribution >= 4 is 11.6 Å². The normalized spacial score (nSPS) is 15.7. The second-order valence-corrected chi connectivity index (χ2v) is 5.06. The van der Waals surface area contributed by atoms with Crippen LogP contribution in [0.4, 0.5) is 11.6 Å². The molecule has 1 aromatic heterocycles. The monoisotopic (exact) mass is 264 g/mol. The molecule has 106 valence electrons. The molecule has 5 nitrogen and oxygen atoms in total. The maximum atomic E-state index is 9.32. The molecule has 1 aromatic rings. The number of rotatable bonds is 6. The quantitative estimate of drug-likeness (QED) is 0.822. The zero-order chi connectivity index (χ0) is 13.7. The highest BCUT2D eigenvalue weighted by atomic mass is 16.3. The number of anilines is 2. The Labute approximate surface area is 115 Å². The Morgan fingerprint density at radius 2 is 2.11 bits per heavy atom. The van der Waals surface area contributed by atoms with Gasteiger partial charge in [-0.2, -0.15) is 0 Å². The molecule has 0 bridgehead atoms. The summed E-state index contributed by atoms with van der Waals surface area (Å²) < 4.78 is 0. The Morgan fingerprint density at radius 1 is 1.37 bits per heavy atom. The Balaban J connectivity index is 2.27. The first-order valence-electron chi connectivity index (χ1n) is 7.21. The standard InChI is InChI=1S/C14H24N4O/c1-3-15-13-11(2)14(17-10-16-13)18(8-9-19)12-6-4-5-7-12/h10,12,19H,3-9H2,1-2H3,(H,15,16,17). The predicted octanol–water partition coefficient (Wildman–Crippen LogP) is 1.96. The van der Waals surface area contributed by atoms with Crippen molar-refractivity contribution in [3.63, 3.8) is 0 Å². The second-order valence-electron chi connectivity index (χ2n) is 5.06. The maximum Gasteiger partial charge on any atom is 0.137 e. The summed E-state index contributed by atoms with van der Waals surface area (Å²) in [5.41, 5.74) is 1.07. The average molecular weight is 264 g/mol. The predicted molar refractivity (Wildman–Crippen MR) is 77.6 cm³/mol. The lowest BCUT2D eigenvalue weighted by atomic mass is 10.2. The molecule has 0 unspecified atom stereocenters. The van der Waals surface area contributed by atoms with E-state index in [4.69, 9.17) is 0 Å². The van der Waals surface area contributed by atoms with Crippen molar-refractivity contribution < 1.29 is 5.11 Å². The Kier molecular flexibility index (Phi) is 4.96. The van der Waals surface area contributed by atoms with Crippen LogP contribution in [0.3, 0.4) is 0 Å². The van der Waals surface area contributed by atoms with Gasteiger partial charge in [-0.1, -0.05) is 12.8 Å². The maximum absolute atomic E-state index is 9.32. The summed E-state index contributed by atoms with van der Waals surface area (Å²) in [6.45, 7) is 5.77. The SMILES string of the molecule is CCNc1ncnc(N(CCO)C2CCCC2)c1C. The van der Waals surface area contributed by atoms with Crippen LogP contribution in [-0.4, -0.2) is 40.8 Å². The third-order valence-corrected chi connectivity index (χ3v) is 3.78. The summed E-state index contributed by atoms with van der Waals surface area (Å²) in [4.78, 5) is 11.0. The third kappa shape index (κ3) is 3.15. The van der Waals surface area contributed by atoms with Gasteiger partial charge in [-0.25, -0.2) is 9.97 Å². The van der Waals surface area contributed by atoms with Crippen molar-refractivity contribution in [3.05, 3.63) is 11.9 Å². The van der Waals surface area contributed by atoms with Gasteiger partial charge in [0.25, 0.3) is 0 Å². The Hall–Kier alpha value is -1.36. The molecule has 0 aliphatic heterocycles. The highest BCUT2D eigenvalue weighted by Crippen LogP contribution is 2.30. The van der Waals surface area contributed by atoms with Crippen molar-refractivity contribution in [3.8, 4) is 0 Å². The topological polar surface area (TPSA) is 61.3 Å². The minimum atomic E-state index is 0.163. The highest BCUT2D eigenvalue weighted by molar-refractivity contribution is 5.58. The highest BCUT2D eigenvalue weighted by Gasteiger charge is 2.25. The van der Waals surface area contributed by atoms with Gasteiger partial charge in [0, 0.05) is 24.7 Å². The molecule has 19 heavy (non-hydrogen) atoms. The lowest BCUT2D eigenvalue weighted by Crippen LogP contribution is -2.37. The molecule has 1 aliphatic rings. The molecule has 0 atom stereocenters. The molecule has 0 spiro atoms. The average Bonchev–Trinajstić information content (AvgIpc) is 2.93. The van der Waals surface area contributed by atoms with Crippen molar-refractivity contribution in [1.82, 2.24) is 9.97 Å². The van der Waals surface area contributed by atoms with E-state index in [1.165, 1.54) is 25.7 Å². The van der Waals surface area contributed by atoms with Crippen molar-refractivity contribution in [2.45, 2.75) is 45.6 Å². The third-order valence-electron chi connectivity index (χ3n) is 3.78. The van der Waals surface area contributed by atoms with E-state index in [0.717, 1.165) is 23.7 Å². The van der Waals surface area contributed by atoms with Gasteiger partial charge in [0.15, 0.2) is 0 Å². The number of aliphatic hydroxyl groups excluding tert-OH is 1. The van der Waals surface area contributed by atoms with Crippen LogP contribution in [0.25, 0.3) is 0 Å². The molecule has 1 saturated carbocycles. The summed E-state index contributed by atoms with van der Waals surface area (Å²) >= 11 is 0. The van der Waals surface area contributed by atoms with Crippen molar-refractivity contribution in [2.75, 3.05) is 29.9 Å². The fraction of sp³-hybridized carbons (Fsp3) is 0.714. The van der Waals surface area contributed by atoms with E-state index < -0.39 is 0 Å². The summed E-state index contributed by atoms with van der Waals surface area (Å²) in [5, 5.41) is 12.6. The van der Waals surface area contributed by atoms with Crippen LogP contribution in [0.1, 0.15) is 38.2 Å². The van der Waals surface area contributed by atoms with Crippen molar-refractivity contribution in [2.24, 2.45) is 0 Å². The molecule has 0 radical (unpaired) electrons. The lowest BCUT2D eigenvalue weighted by molar-refractivity contribution is 0.296. The minimum Gasteiger partial charge on any atom is -0.395 e. The summed E-state index contributed by atoms with van der Waals surface area (Å²) in [6, 6.07) is 0.509. The summed E-state index contributed by atoms with van der Waals surface area (Å²) in [6.07, 6.45) is 6.55. The molecule has 1 aliphatic carbocycles. The smallest absolute Gasteiger partial charge is 0.137 e. The first kappa shape index (κ1) is 14.1.